The smallest absolute Gasteiger partial charge is 0.246 e. The number of hydrogen-bond donors (Lipinski definition) is 1. The zero-order chi connectivity index (χ0) is 16.2. The summed E-state index contributed by atoms with van der Waals surface area (Å²) in [5.41, 5.74) is -0.536. The maximum Gasteiger partial charge on any atom is 0.246 e. The topological polar surface area (TPSA) is 73.2 Å². The number of amides is 2. The molecule has 1 N–H and O–H groups in total. The minimum absolute atomic E-state index is 0.0451. The van der Waals surface area contributed by atoms with Crippen molar-refractivity contribution in [3.63, 3.8) is 0 Å². The monoisotopic (exact) mass is 293 g/mol. The molecule has 1 saturated heterocycles. The van der Waals surface area contributed by atoms with E-state index in [9.17, 15) is 9.59 Å². The first kappa shape index (κ1) is 17.5. The van der Waals surface area contributed by atoms with Gasteiger partial charge in [0, 0.05) is 12.0 Å². The molecule has 21 heavy (non-hydrogen) atoms. The van der Waals surface area contributed by atoms with Gasteiger partial charge in [0.05, 0.1) is 6.07 Å². The molecule has 118 valence electrons. The van der Waals surface area contributed by atoms with Gasteiger partial charge >= 0.3 is 0 Å². The zero-order valence-electron chi connectivity index (χ0n) is 13.8. The zero-order valence-corrected chi connectivity index (χ0v) is 13.8. The van der Waals surface area contributed by atoms with Crippen molar-refractivity contribution in [1.29, 1.82) is 5.26 Å². The van der Waals surface area contributed by atoms with E-state index in [4.69, 9.17) is 5.26 Å². The number of likely N-dealkylation sites (tertiary alicyclic amines) is 1. The third-order valence-corrected chi connectivity index (χ3v) is 4.13. The predicted octanol–water partition coefficient (Wildman–Crippen LogP) is 2.08. The summed E-state index contributed by atoms with van der Waals surface area (Å²) in [5, 5.41) is 12.0. The third kappa shape index (κ3) is 4.20. The number of carbonyl (C=O) groups excluding carboxylic acids is 2. The Bertz CT molecular complexity index is 434. The Morgan fingerprint density at radius 2 is 2.05 bits per heavy atom. The lowest BCUT2D eigenvalue weighted by Gasteiger charge is -2.31. The van der Waals surface area contributed by atoms with Crippen molar-refractivity contribution in [2.24, 2.45) is 11.3 Å². The van der Waals surface area contributed by atoms with Crippen molar-refractivity contribution in [1.82, 2.24) is 10.2 Å². The van der Waals surface area contributed by atoms with Gasteiger partial charge in [-0.15, -0.1) is 0 Å². The molecule has 1 fully saturated rings. The highest BCUT2D eigenvalue weighted by Crippen LogP contribution is 2.22. The molecule has 1 heterocycles. The average Bonchev–Trinajstić information content (AvgIpc) is 2.90. The van der Waals surface area contributed by atoms with Gasteiger partial charge < -0.3 is 10.2 Å². The van der Waals surface area contributed by atoms with E-state index in [1.807, 2.05) is 34.6 Å². The molecular weight excluding hydrogens is 266 g/mol. The molecule has 5 heteroatoms. The summed E-state index contributed by atoms with van der Waals surface area (Å²) in [6.07, 6.45) is 2.37. The molecule has 1 aliphatic heterocycles. The van der Waals surface area contributed by atoms with Crippen LogP contribution in [-0.4, -0.2) is 35.3 Å². The highest BCUT2D eigenvalue weighted by atomic mass is 16.2. The Kier molecular flexibility index (Phi) is 5.77. The van der Waals surface area contributed by atoms with Gasteiger partial charge in [-0.05, 0) is 18.8 Å². The lowest BCUT2D eigenvalue weighted by atomic mass is 9.92. The normalized spacial score (nSPS) is 21.5. The number of hydrogen-bond acceptors (Lipinski definition) is 3. The SMILES string of the molecule is CCC(C)[C@H](NC(=O)C(C)(C)C)C(=O)N1CCC[C@H]1C#N. The lowest BCUT2D eigenvalue weighted by molar-refractivity contribution is -0.140. The van der Waals surface area contributed by atoms with E-state index in [0.717, 1.165) is 19.3 Å². The minimum atomic E-state index is -0.546. The molecule has 0 bridgehead atoms. The molecule has 5 nitrogen and oxygen atoms in total. The van der Waals surface area contributed by atoms with Crippen LogP contribution in [0.25, 0.3) is 0 Å². The molecule has 2 amide bonds. The first-order valence-corrected chi connectivity index (χ1v) is 7.73. The van der Waals surface area contributed by atoms with E-state index in [1.54, 1.807) is 4.90 Å². The molecule has 1 aliphatic rings. The highest BCUT2D eigenvalue weighted by molar-refractivity contribution is 5.90. The van der Waals surface area contributed by atoms with E-state index in [1.165, 1.54) is 0 Å². The van der Waals surface area contributed by atoms with Crippen LogP contribution in [0, 0.1) is 22.7 Å². The fourth-order valence-electron chi connectivity index (χ4n) is 2.38. The van der Waals surface area contributed by atoms with Gasteiger partial charge in [0.15, 0.2) is 0 Å². The van der Waals surface area contributed by atoms with Gasteiger partial charge in [-0.25, -0.2) is 0 Å². The molecule has 0 aliphatic carbocycles. The Morgan fingerprint density at radius 1 is 1.43 bits per heavy atom. The summed E-state index contributed by atoms with van der Waals surface area (Å²) in [6, 6.07) is 1.29. The second-order valence-corrected chi connectivity index (χ2v) is 6.91. The summed E-state index contributed by atoms with van der Waals surface area (Å²) in [5.74, 6) is -0.205. The van der Waals surface area contributed by atoms with Gasteiger partial charge in [0.2, 0.25) is 11.8 Å². The van der Waals surface area contributed by atoms with Crippen LogP contribution in [0.5, 0.6) is 0 Å². The van der Waals surface area contributed by atoms with Crippen molar-refractivity contribution in [3.05, 3.63) is 0 Å². The van der Waals surface area contributed by atoms with Gasteiger partial charge in [-0.2, -0.15) is 5.26 Å². The van der Waals surface area contributed by atoms with Crippen LogP contribution in [0.15, 0.2) is 0 Å². The molecule has 0 aromatic rings. The average molecular weight is 293 g/mol. The van der Waals surface area contributed by atoms with Crippen LogP contribution in [0.3, 0.4) is 0 Å². The lowest BCUT2D eigenvalue weighted by Crippen LogP contribution is -2.54. The molecule has 0 aromatic carbocycles. The van der Waals surface area contributed by atoms with Crippen LogP contribution in [0.2, 0.25) is 0 Å². The minimum Gasteiger partial charge on any atom is -0.344 e. The van der Waals surface area contributed by atoms with Gasteiger partial charge in [0.25, 0.3) is 0 Å². The molecule has 3 atom stereocenters. The van der Waals surface area contributed by atoms with Gasteiger partial charge in [0.1, 0.15) is 12.1 Å². The number of rotatable bonds is 4. The van der Waals surface area contributed by atoms with E-state index in [2.05, 4.69) is 11.4 Å². The third-order valence-electron chi connectivity index (χ3n) is 4.13. The molecular formula is C16H27N3O2. The van der Waals surface area contributed by atoms with Crippen LogP contribution in [0.4, 0.5) is 0 Å². The van der Waals surface area contributed by atoms with Crippen LogP contribution < -0.4 is 5.32 Å². The summed E-state index contributed by atoms with van der Waals surface area (Å²) >= 11 is 0. The predicted molar refractivity (Wildman–Crippen MR) is 81.2 cm³/mol. The van der Waals surface area contributed by atoms with Gasteiger partial charge in [-0.1, -0.05) is 41.0 Å². The van der Waals surface area contributed by atoms with Crippen molar-refractivity contribution >= 4 is 11.8 Å². The maximum atomic E-state index is 12.7. The fourth-order valence-corrected chi connectivity index (χ4v) is 2.38. The van der Waals surface area contributed by atoms with Crippen LogP contribution in [-0.2, 0) is 9.59 Å². The number of nitrogens with one attached hydrogen (secondary N) is 1. The first-order chi connectivity index (χ1) is 9.72. The maximum absolute atomic E-state index is 12.7. The number of carbonyl (C=O) groups is 2. The Morgan fingerprint density at radius 3 is 2.52 bits per heavy atom. The summed E-state index contributed by atoms with van der Waals surface area (Å²) < 4.78 is 0. The van der Waals surface area contributed by atoms with E-state index in [0.29, 0.717) is 6.54 Å². The Balaban J connectivity index is 2.90. The fraction of sp³-hybridized carbons (Fsp3) is 0.812. The second kappa shape index (κ2) is 6.93. The number of nitrogens with zero attached hydrogens (tertiary/aromatic N) is 2. The van der Waals surface area contributed by atoms with Gasteiger partial charge in [-0.3, -0.25) is 9.59 Å². The van der Waals surface area contributed by atoms with E-state index < -0.39 is 11.5 Å². The molecule has 1 unspecified atom stereocenters. The Labute approximate surface area is 127 Å². The molecule has 0 spiro atoms. The molecule has 0 saturated carbocycles. The summed E-state index contributed by atoms with van der Waals surface area (Å²) in [4.78, 5) is 26.6. The second-order valence-electron chi connectivity index (χ2n) is 6.91. The van der Waals surface area contributed by atoms with Crippen LogP contribution in [0.1, 0.15) is 53.9 Å². The van der Waals surface area contributed by atoms with E-state index in [-0.39, 0.29) is 23.8 Å². The molecule has 1 rings (SSSR count). The quantitative estimate of drug-likeness (QED) is 0.862. The summed E-state index contributed by atoms with van der Waals surface area (Å²) in [7, 11) is 0. The largest absolute Gasteiger partial charge is 0.344 e. The van der Waals surface area contributed by atoms with Crippen molar-refractivity contribution < 1.29 is 9.59 Å². The van der Waals surface area contributed by atoms with Crippen LogP contribution >= 0.6 is 0 Å². The van der Waals surface area contributed by atoms with E-state index >= 15 is 0 Å². The summed E-state index contributed by atoms with van der Waals surface area (Å²) in [6.45, 7) is 10.1. The van der Waals surface area contributed by atoms with Crippen molar-refractivity contribution in [2.75, 3.05) is 6.54 Å². The first-order valence-electron chi connectivity index (χ1n) is 7.73. The molecule has 0 aromatic heterocycles. The Hall–Kier alpha value is -1.57. The van der Waals surface area contributed by atoms with Crippen molar-refractivity contribution in [3.8, 4) is 6.07 Å². The molecule has 0 radical (unpaired) electrons. The highest BCUT2D eigenvalue weighted by Gasteiger charge is 2.37. The standard InChI is InChI=1S/C16H27N3O2/c1-6-11(2)13(18-15(21)16(3,4)5)14(20)19-9-7-8-12(19)10-17/h11-13H,6-9H2,1-5H3,(H,18,21)/t11?,12-,13-/m0/s1. The number of nitriles is 1. The van der Waals surface area contributed by atoms with Crippen molar-refractivity contribution in [2.45, 2.75) is 66.0 Å².